The Hall–Kier alpha value is -5.09. The summed E-state index contributed by atoms with van der Waals surface area (Å²) in [6.45, 7) is 0. The van der Waals surface area contributed by atoms with Crippen LogP contribution in [0.1, 0.15) is 12.0 Å². The number of carbonyl (C=O) groups excluding carboxylic acids is 1. The van der Waals surface area contributed by atoms with Crippen molar-refractivity contribution >= 4 is 28.5 Å². The highest BCUT2D eigenvalue weighted by Crippen LogP contribution is 2.35. The first kappa shape index (κ1) is 21.7. The van der Waals surface area contributed by atoms with E-state index < -0.39 is 0 Å². The SMILES string of the molecule is N#CC1=C(c2cn(-c3ccccc3)nc2-c2ccccc2)CC(=O)/C(=N/Nc2ccccc2)C1=N. The second-order valence-electron chi connectivity index (χ2n) is 7.92. The Morgan fingerprint density at radius 2 is 1.57 bits per heavy atom. The van der Waals surface area contributed by atoms with Crippen molar-refractivity contribution in [2.75, 3.05) is 5.43 Å². The third kappa shape index (κ3) is 4.28. The van der Waals surface area contributed by atoms with Gasteiger partial charge in [0, 0.05) is 23.7 Å². The van der Waals surface area contributed by atoms with Crippen LogP contribution in [0.3, 0.4) is 0 Å². The van der Waals surface area contributed by atoms with Crippen molar-refractivity contribution in [1.29, 1.82) is 10.7 Å². The van der Waals surface area contributed by atoms with Crippen molar-refractivity contribution in [3.8, 4) is 23.0 Å². The lowest BCUT2D eigenvalue weighted by Gasteiger charge is -2.18. The molecule has 0 bridgehead atoms. The fraction of sp³-hybridized carbons (Fsp3) is 0.0357. The van der Waals surface area contributed by atoms with Gasteiger partial charge in [-0.25, -0.2) is 4.68 Å². The number of allylic oxidation sites excluding steroid dienone is 2. The molecule has 0 spiro atoms. The highest BCUT2D eigenvalue weighted by atomic mass is 16.1. The molecule has 168 valence electrons. The fourth-order valence-corrected chi connectivity index (χ4v) is 3.96. The van der Waals surface area contributed by atoms with E-state index in [2.05, 4.69) is 16.6 Å². The summed E-state index contributed by atoms with van der Waals surface area (Å²) < 4.78 is 1.73. The summed E-state index contributed by atoms with van der Waals surface area (Å²) in [6.07, 6.45) is 1.76. The molecule has 4 aromatic rings. The molecule has 35 heavy (non-hydrogen) atoms. The number of para-hydroxylation sites is 2. The minimum atomic E-state index is -0.334. The summed E-state index contributed by atoms with van der Waals surface area (Å²) >= 11 is 0. The number of benzene rings is 3. The van der Waals surface area contributed by atoms with E-state index in [4.69, 9.17) is 10.5 Å². The molecule has 5 rings (SSSR count). The first-order valence-electron chi connectivity index (χ1n) is 11.0. The number of ketones is 1. The number of nitrogens with zero attached hydrogens (tertiary/aromatic N) is 4. The van der Waals surface area contributed by atoms with Crippen LogP contribution in [-0.2, 0) is 4.79 Å². The maximum atomic E-state index is 13.1. The smallest absolute Gasteiger partial charge is 0.189 e. The minimum Gasteiger partial charge on any atom is -0.297 e. The van der Waals surface area contributed by atoms with Gasteiger partial charge in [0.15, 0.2) is 11.5 Å². The molecule has 0 unspecified atom stereocenters. The molecule has 0 saturated carbocycles. The van der Waals surface area contributed by atoms with Gasteiger partial charge in [-0.3, -0.25) is 15.6 Å². The molecule has 1 aliphatic carbocycles. The van der Waals surface area contributed by atoms with Crippen LogP contribution in [0.5, 0.6) is 0 Å². The second kappa shape index (κ2) is 9.41. The third-order valence-electron chi connectivity index (χ3n) is 5.68. The Morgan fingerprint density at radius 1 is 0.943 bits per heavy atom. The molecule has 2 N–H and O–H groups in total. The molecule has 1 aromatic heterocycles. The fourth-order valence-electron chi connectivity index (χ4n) is 3.96. The Balaban J connectivity index is 1.62. The molecule has 3 aromatic carbocycles. The monoisotopic (exact) mass is 456 g/mol. The Bertz CT molecular complexity index is 1510. The lowest BCUT2D eigenvalue weighted by molar-refractivity contribution is -0.111. The van der Waals surface area contributed by atoms with E-state index in [0.29, 0.717) is 22.5 Å². The molecule has 0 radical (unpaired) electrons. The number of hydrogen-bond acceptors (Lipinski definition) is 6. The highest BCUT2D eigenvalue weighted by molar-refractivity contribution is 6.73. The summed E-state index contributed by atoms with van der Waals surface area (Å²) in [6, 6.07) is 30.5. The maximum absolute atomic E-state index is 13.1. The molecule has 0 aliphatic heterocycles. The van der Waals surface area contributed by atoms with Crippen molar-refractivity contribution in [3.05, 3.63) is 108 Å². The lowest BCUT2D eigenvalue weighted by Crippen LogP contribution is -2.31. The van der Waals surface area contributed by atoms with Gasteiger partial charge in [0.25, 0.3) is 0 Å². The topological polar surface area (TPSA) is 107 Å². The predicted octanol–water partition coefficient (Wildman–Crippen LogP) is 5.28. The summed E-state index contributed by atoms with van der Waals surface area (Å²) in [4.78, 5) is 13.1. The molecular weight excluding hydrogens is 436 g/mol. The summed E-state index contributed by atoms with van der Waals surface area (Å²) in [5.41, 5.74) is 6.81. The first-order chi connectivity index (χ1) is 17.2. The molecule has 0 amide bonds. The van der Waals surface area contributed by atoms with E-state index in [0.717, 1.165) is 11.3 Å². The van der Waals surface area contributed by atoms with Crippen LogP contribution in [0.25, 0.3) is 22.5 Å². The summed E-state index contributed by atoms with van der Waals surface area (Å²) in [5, 5.41) is 27.6. The van der Waals surface area contributed by atoms with Crippen LogP contribution in [0.4, 0.5) is 5.69 Å². The van der Waals surface area contributed by atoms with Gasteiger partial charge in [-0.05, 0) is 29.8 Å². The van der Waals surface area contributed by atoms with Crippen molar-refractivity contribution < 1.29 is 4.79 Å². The molecule has 0 atom stereocenters. The zero-order chi connectivity index (χ0) is 24.2. The van der Waals surface area contributed by atoms with Crippen LogP contribution in [0.2, 0.25) is 0 Å². The van der Waals surface area contributed by atoms with Gasteiger partial charge in [0.1, 0.15) is 17.5 Å². The lowest BCUT2D eigenvalue weighted by atomic mass is 9.84. The van der Waals surface area contributed by atoms with Gasteiger partial charge in [0.05, 0.1) is 16.9 Å². The van der Waals surface area contributed by atoms with E-state index in [9.17, 15) is 10.1 Å². The Morgan fingerprint density at radius 3 is 2.23 bits per heavy atom. The number of anilines is 1. The van der Waals surface area contributed by atoms with E-state index in [1.165, 1.54) is 0 Å². The molecule has 1 aliphatic rings. The Labute approximate surface area is 202 Å². The predicted molar refractivity (Wildman–Crippen MR) is 136 cm³/mol. The zero-order valence-electron chi connectivity index (χ0n) is 18.6. The van der Waals surface area contributed by atoms with Gasteiger partial charge in [-0.15, -0.1) is 0 Å². The van der Waals surface area contributed by atoms with Gasteiger partial charge in [0.2, 0.25) is 0 Å². The van der Waals surface area contributed by atoms with Gasteiger partial charge in [-0.2, -0.15) is 15.5 Å². The van der Waals surface area contributed by atoms with E-state index >= 15 is 0 Å². The number of rotatable bonds is 5. The van der Waals surface area contributed by atoms with Crippen molar-refractivity contribution in [2.24, 2.45) is 5.10 Å². The average molecular weight is 457 g/mol. The first-order valence-corrected chi connectivity index (χ1v) is 11.0. The van der Waals surface area contributed by atoms with Gasteiger partial charge in [-0.1, -0.05) is 66.7 Å². The van der Waals surface area contributed by atoms with Crippen LogP contribution < -0.4 is 5.43 Å². The van der Waals surface area contributed by atoms with Crippen LogP contribution in [-0.4, -0.2) is 27.0 Å². The standard InChI is InChI=1S/C28H20N6O/c29-17-23-22(16-25(35)28(26(23)30)32-31-20-12-6-2-7-13-20)24-18-34(21-14-8-3-9-15-21)33-27(24)19-10-4-1-5-11-19/h1-15,18,30-31H,16H2/b30-26?,32-28-. The zero-order valence-corrected chi connectivity index (χ0v) is 18.6. The van der Waals surface area contributed by atoms with E-state index in [-0.39, 0.29) is 29.2 Å². The Kier molecular flexibility index (Phi) is 5.85. The molecular formula is C28H20N6O. The largest absolute Gasteiger partial charge is 0.297 e. The number of hydrazone groups is 1. The third-order valence-corrected chi connectivity index (χ3v) is 5.68. The molecule has 0 fully saturated rings. The van der Waals surface area contributed by atoms with E-state index in [1.807, 2.05) is 85.1 Å². The molecule has 1 heterocycles. The molecule has 0 saturated heterocycles. The van der Waals surface area contributed by atoms with Crippen LogP contribution >= 0.6 is 0 Å². The summed E-state index contributed by atoms with van der Waals surface area (Å²) in [7, 11) is 0. The van der Waals surface area contributed by atoms with Crippen molar-refractivity contribution in [1.82, 2.24) is 9.78 Å². The van der Waals surface area contributed by atoms with Crippen LogP contribution in [0.15, 0.2) is 108 Å². The summed E-state index contributed by atoms with van der Waals surface area (Å²) in [5.74, 6) is -0.334. The minimum absolute atomic E-state index is 0.0547. The maximum Gasteiger partial charge on any atom is 0.189 e. The average Bonchev–Trinajstić information content (AvgIpc) is 3.35. The number of nitrogens with one attached hydrogen (secondary N) is 2. The molecule has 7 nitrogen and oxygen atoms in total. The number of carbonyl (C=O) groups is 1. The van der Waals surface area contributed by atoms with Crippen LogP contribution in [0, 0.1) is 16.7 Å². The van der Waals surface area contributed by atoms with Crippen molar-refractivity contribution in [3.63, 3.8) is 0 Å². The number of aromatic nitrogens is 2. The number of Topliss-reactive ketones (excluding diaryl/α,β-unsaturated/α-hetero) is 1. The highest BCUT2D eigenvalue weighted by Gasteiger charge is 2.33. The van der Waals surface area contributed by atoms with E-state index in [1.54, 1.807) is 16.8 Å². The second-order valence-corrected chi connectivity index (χ2v) is 7.92. The van der Waals surface area contributed by atoms with Crippen molar-refractivity contribution in [2.45, 2.75) is 6.42 Å². The quantitative estimate of drug-likeness (QED) is 0.399. The molecule has 7 heteroatoms. The van der Waals surface area contributed by atoms with Gasteiger partial charge >= 0.3 is 0 Å². The number of hydrogen-bond donors (Lipinski definition) is 2. The normalized spacial score (nSPS) is 14.8. The van der Waals surface area contributed by atoms with Gasteiger partial charge < -0.3 is 0 Å². The number of nitriles is 1.